The topological polar surface area (TPSA) is 35.2 Å². The molecule has 3 heteroatoms. The van der Waals surface area contributed by atoms with Crippen LogP contribution >= 0.6 is 11.8 Å². The van der Waals surface area contributed by atoms with Gasteiger partial charge in [0.1, 0.15) is 0 Å². The zero-order valence-electron chi connectivity index (χ0n) is 6.26. The van der Waals surface area contributed by atoms with E-state index < -0.39 is 0 Å². The van der Waals surface area contributed by atoms with Gasteiger partial charge in [-0.05, 0) is 20.1 Å². The smallest absolute Gasteiger partial charge is 0.0997 e. The van der Waals surface area contributed by atoms with E-state index in [1.807, 2.05) is 20.1 Å². The van der Waals surface area contributed by atoms with Gasteiger partial charge in [-0.1, -0.05) is 0 Å². The van der Waals surface area contributed by atoms with Crippen molar-refractivity contribution in [3.8, 4) is 0 Å². The minimum absolute atomic E-state index is 0.152. The molecule has 2 nitrogen and oxygen atoms in total. The summed E-state index contributed by atoms with van der Waals surface area (Å²) in [4.78, 5) is 0. The van der Waals surface area contributed by atoms with Crippen LogP contribution in [0.4, 0.5) is 0 Å². The van der Waals surface area contributed by atoms with Gasteiger partial charge in [0.05, 0.1) is 12.0 Å². The van der Waals surface area contributed by atoms with Crippen LogP contribution in [0.15, 0.2) is 0 Å². The Kier molecular flexibility index (Phi) is 5.24. The predicted octanol–water partition coefficient (Wildman–Crippen LogP) is 1.06. The van der Waals surface area contributed by atoms with Crippen LogP contribution < -0.4 is 5.73 Å². The number of nitrogens with two attached hydrogens (primary N) is 1. The van der Waals surface area contributed by atoms with Crippen LogP contribution in [-0.4, -0.2) is 24.3 Å². The van der Waals surface area contributed by atoms with Gasteiger partial charge in [0.15, 0.2) is 0 Å². The van der Waals surface area contributed by atoms with Crippen LogP contribution in [0, 0.1) is 0 Å². The number of thioether (sulfide) groups is 1. The minimum Gasteiger partial charge on any atom is -0.366 e. The first-order valence-electron chi connectivity index (χ1n) is 3.06. The fraction of sp³-hybridized carbons (Fsp3) is 1.00. The van der Waals surface area contributed by atoms with E-state index in [1.165, 1.54) is 0 Å². The second kappa shape index (κ2) is 5.09. The third-order valence-electron chi connectivity index (χ3n) is 0.926. The largest absolute Gasteiger partial charge is 0.366 e. The Bertz CT molecular complexity index is 68.1. The highest BCUT2D eigenvalue weighted by Gasteiger charge is 1.99. The maximum atomic E-state index is 5.46. The van der Waals surface area contributed by atoms with E-state index in [-0.39, 0.29) is 11.5 Å². The van der Waals surface area contributed by atoms with Crippen molar-refractivity contribution < 1.29 is 4.74 Å². The molecule has 2 N–H and O–H groups in total. The molecule has 0 spiro atoms. The van der Waals surface area contributed by atoms with E-state index in [0.717, 1.165) is 0 Å². The third kappa shape index (κ3) is 6.15. The van der Waals surface area contributed by atoms with Crippen LogP contribution in [0.1, 0.15) is 13.8 Å². The van der Waals surface area contributed by atoms with Crippen molar-refractivity contribution in [3.05, 3.63) is 0 Å². The van der Waals surface area contributed by atoms with Crippen molar-refractivity contribution in [1.29, 1.82) is 0 Å². The average Bonchev–Trinajstić information content (AvgIpc) is 1.83. The summed E-state index contributed by atoms with van der Waals surface area (Å²) in [6.07, 6.45) is 2.02. The molecule has 2 unspecified atom stereocenters. The lowest BCUT2D eigenvalue weighted by Gasteiger charge is -2.11. The molecule has 2 atom stereocenters. The lowest BCUT2D eigenvalue weighted by Crippen LogP contribution is -2.23. The Morgan fingerprint density at radius 3 is 2.44 bits per heavy atom. The quantitative estimate of drug-likeness (QED) is 0.607. The van der Waals surface area contributed by atoms with Gasteiger partial charge in [-0.3, -0.25) is 0 Å². The molecular weight excluding hydrogens is 134 g/mol. The molecule has 0 aliphatic carbocycles. The molecule has 0 heterocycles. The lowest BCUT2D eigenvalue weighted by atomic mass is 10.4. The second-order valence-electron chi connectivity index (χ2n) is 2.11. The fourth-order valence-electron chi connectivity index (χ4n) is 0.355. The van der Waals surface area contributed by atoms with Gasteiger partial charge in [0.2, 0.25) is 0 Å². The van der Waals surface area contributed by atoms with E-state index in [4.69, 9.17) is 10.5 Å². The molecule has 0 aromatic rings. The first-order valence-corrected chi connectivity index (χ1v) is 4.35. The fourth-order valence-corrected chi connectivity index (χ4v) is 0.570. The standard InChI is InChI=1S/C6H15NOS/c1-5(7)4-8-6(2)9-3/h5-6H,4,7H2,1-3H3. The molecule has 0 rings (SSSR count). The van der Waals surface area contributed by atoms with Crippen LogP contribution in [0.5, 0.6) is 0 Å². The molecule has 0 amide bonds. The normalized spacial score (nSPS) is 17.3. The molecule has 0 fully saturated rings. The Morgan fingerprint density at radius 2 is 2.11 bits per heavy atom. The van der Waals surface area contributed by atoms with Crippen LogP contribution in [0.3, 0.4) is 0 Å². The number of ether oxygens (including phenoxy) is 1. The molecule has 0 radical (unpaired) electrons. The summed E-state index contributed by atoms with van der Waals surface area (Å²) < 4.78 is 5.29. The first kappa shape index (κ1) is 9.27. The molecular formula is C6H15NOS. The molecule has 0 aliphatic heterocycles. The van der Waals surface area contributed by atoms with Crippen molar-refractivity contribution in [2.45, 2.75) is 25.3 Å². The summed E-state index contributed by atoms with van der Waals surface area (Å²) in [5.41, 5.74) is 5.74. The van der Waals surface area contributed by atoms with E-state index >= 15 is 0 Å². The summed E-state index contributed by atoms with van der Waals surface area (Å²) in [6, 6.07) is 0.152. The average molecular weight is 149 g/mol. The van der Waals surface area contributed by atoms with E-state index in [1.54, 1.807) is 11.8 Å². The van der Waals surface area contributed by atoms with Gasteiger partial charge in [-0.25, -0.2) is 0 Å². The minimum atomic E-state index is 0.152. The Morgan fingerprint density at radius 1 is 1.56 bits per heavy atom. The van der Waals surface area contributed by atoms with Gasteiger partial charge in [-0.2, -0.15) is 0 Å². The maximum Gasteiger partial charge on any atom is 0.0997 e. The number of hydrogen-bond acceptors (Lipinski definition) is 3. The zero-order valence-corrected chi connectivity index (χ0v) is 7.07. The number of hydrogen-bond donors (Lipinski definition) is 1. The van der Waals surface area contributed by atoms with Crippen molar-refractivity contribution in [3.63, 3.8) is 0 Å². The molecule has 9 heavy (non-hydrogen) atoms. The van der Waals surface area contributed by atoms with Crippen molar-refractivity contribution in [2.24, 2.45) is 5.73 Å². The summed E-state index contributed by atoms with van der Waals surface area (Å²) in [6.45, 7) is 4.61. The molecule has 0 saturated carbocycles. The van der Waals surface area contributed by atoms with Crippen molar-refractivity contribution in [1.82, 2.24) is 0 Å². The van der Waals surface area contributed by atoms with Crippen LogP contribution in [0.25, 0.3) is 0 Å². The molecule has 0 aromatic heterocycles. The Hall–Kier alpha value is 0.270. The van der Waals surface area contributed by atoms with E-state index in [0.29, 0.717) is 6.61 Å². The zero-order chi connectivity index (χ0) is 7.28. The first-order chi connectivity index (χ1) is 4.16. The number of rotatable bonds is 4. The molecule has 0 aromatic carbocycles. The molecule has 0 aliphatic rings. The molecule has 0 saturated heterocycles. The third-order valence-corrected chi connectivity index (χ3v) is 1.73. The van der Waals surface area contributed by atoms with Crippen molar-refractivity contribution in [2.75, 3.05) is 12.9 Å². The SMILES string of the molecule is CSC(C)OCC(C)N. The van der Waals surface area contributed by atoms with Gasteiger partial charge in [0.25, 0.3) is 0 Å². The summed E-state index contributed by atoms with van der Waals surface area (Å²) in [5, 5.41) is 0. The maximum absolute atomic E-state index is 5.46. The Labute approximate surface area is 61.1 Å². The Balaban J connectivity index is 3.06. The molecule has 0 bridgehead atoms. The van der Waals surface area contributed by atoms with Gasteiger partial charge in [-0.15, -0.1) is 11.8 Å². The van der Waals surface area contributed by atoms with Crippen LogP contribution in [0.2, 0.25) is 0 Å². The molecule has 56 valence electrons. The summed E-state index contributed by atoms with van der Waals surface area (Å²) in [5.74, 6) is 0. The highest BCUT2D eigenvalue weighted by atomic mass is 32.2. The highest BCUT2D eigenvalue weighted by Crippen LogP contribution is 2.05. The predicted molar refractivity (Wildman–Crippen MR) is 42.6 cm³/mol. The highest BCUT2D eigenvalue weighted by molar-refractivity contribution is 7.99. The summed E-state index contributed by atoms with van der Waals surface area (Å²) in [7, 11) is 0. The van der Waals surface area contributed by atoms with Crippen LogP contribution in [-0.2, 0) is 4.74 Å². The van der Waals surface area contributed by atoms with Gasteiger partial charge in [0, 0.05) is 6.04 Å². The van der Waals surface area contributed by atoms with Gasteiger partial charge >= 0.3 is 0 Å². The summed E-state index contributed by atoms with van der Waals surface area (Å²) >= 11 is 1.69. The van der Waals surface area contributed by atoms with E-state index in [2.05, 4.69) is 0 Å². The lowest BCUT2D eigenvalue weighted by molar-refractivity contribution is 0.115. The second-order valence-corrected chi connectivity index (χ2v) is 3.25. The van der Waals surface area contributed by atoms with Crippen molar-refractivity contribution >= 4 is 11.8 Å². The van der Waals surface area contributed by atoms with E-state index in [9.17, 15) is 0 Å². The monoisotopic (exact) mass is 149 g/mol. The van der Waals surface area contributed by atoms with Gasteiger partial charge < -0.3 is 10.5 Å².